The molecule has 1 aromatic carbocycles. The molecule has 3 rings (SSSR count). The van der Waals surface area contributed by atoms with Crippen molar-refractivity contribution in [3.05, 3.63) is 40.2 Å². The Morgan fingerprint density at radius 3 is 2.67 bits per heavy atom. The largest absolute Gasteiger partial charge is 0.497 e. The molecule has 0 amide bonds. The molecular weight excluding hydrogens is 288 g/mol. The van der Waals surface area contributed by atoms with Crippen LogP contribution in [-0.4, -0.2) is 22.4 Å². The molecule has 2 heterocycles. The van der Waals surface area contributed by atoms with Crippen molar-refractivity contribution in [2.24, 2.45) is 0 Å². The van der Waals surface area contributed by atoms with E-state index in [0.717, 1.165) is 23.2 Å². The molecule has 6 heteroatoms. The zero-order valence-electron chi connectivity index (χ0n) is 12.0. The van der Waals surface area contributed by atoms with Crippen molar-refractivity contribution in [1.29, 1.82) is 0 Å². The van der Waals surface area contributed by atoms with Crippen LogP contribution in [0.15, 0.2) is 34.2 Å². The second-order valence-corrected chi connectivity index (χ2v) is 5.68. The molecule has 1 aliphatic rings. The fraction of sp³-hybridized carbons (Fsp3) is 0.333. The Kier molecular flexibility index (Phi) is 3.88. The lowest BCUT2D eigenvalue weighted by Crippen LogP contribution is -2.24. The van der Waals surface area contributed by atoms with Crippen molar-refractivity contribution in [1.82, 2.24) is 9.55 Å². The van der Waals surface area contributed by atoms with Crippen LogP contribution in [0.2, 0.25) is 0 Å². The number of fused-ring (bicyclic) bond motifs is 1. The van der Waals surface area contributed by atoms with Gasteiger partial charge in [0.1, 0.15) is 11.5 Å². The standard InChI is InChI=1S/C15H16N2O3S/c1-3-12-13(16-15-17(14(12)18)8-9-21-15)20-11-6-4-10(19-2)5-7-11/h4-7H,3,8-9H2,1-2H3. The molecule has 0 N–H and O–H groups in total. The zero-order chi connectivity index (χ0) is 14.8. The topological polar surface area (TPSA) is 53.4 Å². The number of aromatic nitrogens is 2. The summed E-state index contributed by atoms with van der Waals surface area (Å²) in [5.41, 5.74) is 0.632. The van der Waals surface area contributed by atoms with Gasteiger partial charge in [0, 0.05) is 12.3 Å². The van der Waals surface area contributed by atoms with Crippen molar-refractivity contribution < 1.29 is 9.47 Å². The summed E-state index contributed by atoms with van der Waals surface area (Å²) in [6, 6.07) is 7.24. The quantitative estimate of drug-likeness (QED) is 0.813. The van der Waals surface area contributed by atoms with Crippen molar-refractivity contribution >= 4 is 11.8 Å². The van der Waals surface area contributed by atoms with E-state index in [1.54, 1.807) is 35.6 Å². The van der Waals surface area contributed by atoms with E-state index in [-0.39, 0.29) is 5.56 Å². The highest BCUT2D eigenvalue weighted by atomic mass is 32.2. The average molecular weight is 304 g/mol. The fourth-order valence-electron chi connectivity index (χ4n) is 2.23. The first kappa shape index (κ1) is 14.0. The fourth-order valence-corrected chi connectivity index (χ4v) is 3.17. The Labute approximate surface area is 126 Å². The molecule has 5 nitrogen and oxygen atoms in total. The second kappa shape index (κ2) is 5.81. The molecule has 0 bridgehead atoms. The maximum Gasteiger partial charge on any atom is 0.261 e. The summed E-state index contributed by atoms with van der Waals surface area (Å²) in [6.45, 7) is 2.66. The summed E-state index contributed by atoms with van der Waals surface area (Å²) in [5, 5.41) is 0.737. The first-order chi connectivity index (χ1) is 10.2. The number of methoxy groups -OCH3 is 1. The van der Waals surface area contributed by atoms with E-state index in [4.69, 9.17) is 9.47 Å². The minimum Gasteiger partial charge on any atom is -0.497 e. The molecule has 0 atom stereocenters. The van der Waals surface area contributed by atoms with Gasteiger partial charge in [0.05, 0.1) is 12.7 Å². The highest BCUT2D eigenvalue weighted by molar-refractivity contribution is 7.99. The lowest BCUT2D eigenvalue weighted by Gasteiger charge is -2.11. The number of hydrogen-bond donors (Lipinski definition) is 0. The summed E-state index contributed by atoms with van der Waals surface area (Å²) < 4.78 is 12.7. The monoisotopic (exact) mass is 304 g/mol. The van der Waals surface area contributed by atoms with E-state index in [0.29, 0.717) is 23.6 Å². The van der Waals surface area contributed by atoms with E-state index in [9.17, 15) is 4.79 Å². The summed E-state index contributed by atoms with van der Waals surface area (Å²) >= 11 is 1.58. The highest BCUT2D eigenvalue weighted by Gasteiger charge is 2.21. The van der Waals surface area contributed by atoms with Crippen LogP contribution in [0.4, 0.5) is 0 Å². The molecule has 2 aromatic rings. The summed E-state index contributed by atoms with van der Waals surface area (Å²) in [4.78, 5) is 16.9. The molecule has 1 aromatic heterocycles. The number of rotatable bonds is 4. The first-order valence-corrected chi connectivity index (χ1v) is 7.80. The Hall–Kier alpha value is -1.95. The van der Waals surface area contributed by atoms with Crippen molar-refractivity contribution in [3.63, 3.8) is 0 Å². The minimum absolute atomic E-state index is 0.0102. The van der Waals surface area contributed by atoms with Crippen molar-refractivity contribution in [2.75, 3.05) is 12.9 Å². The van der Waals surface area contributed by atoms with Crippen LogP contribution in [0.5, 0.6) is 17.4 Å². The molecule has 21 heavy (non-hydrogen) atoms. The van der Waals surface area contributed by atoms with Crippen molar-refractivity contribution in [3.8, 4) is 17.4 Å². The van der Waals surface area contributed by atoms with Gasteiger partial charge in [-0.2, -0.15) is 4.98 Å². The molecular formula is C15H16N2O3S. The summed E-state index contributed by atoms with van der Waals surface area (Å²) in [7, 11) is 1.62. The maximum absolute atomic E-state index is 12.4. The molecule has 0 radical (unpaired) electrons. The predicted molar refractivity (Wildman–Crippen MR) is 81.7 cm³/mol. The van der Waals surface area contributed by atoms with E-state index in [2.05, 4.69) is 4.98 Å². The van der Waals surface area contributed by atoms with E-state index in [1.165, 1.54) is 0 Å². The van der Waals surface area contributed by atoms with Gasteiger partial charge in [-0.25, -0.2) is 0 Å². The Morgan fingerprint density at radius 2 is 2.00 bits per heavy atom. The highest BCUT2D eigenvalue weighted by Crippen LogP contribution is 2.29. The number of hydrogen-bond acceptors (Lipinski definition) is 5. The van der Waals surface area contributed by atoms with Crippen LogP contribution < -0.4 is 15.0 Å². The van der Waals surface area contributed by atoms with Gasteiger partial charge in [-0.05, 0) is 30.7 Å². The lowest BCUT2D eigenvalue weighted by molar-refractivity contribution is 0.410. The average Bonchev–Trinajstić information content (AvgIpc) is 2.97. The van der Waals surface area contributed by atoms with Gasteiger partial charge < -0.3 is 9.47 Å². The van der Waals surface area contributed by atoms with Gasteiger partial charge in [-0.1, -0.05) is 18.7 Å². The number of benzene rings is 1. The number of nitrogens with zero attached hydrogens (tertiary/aromatic N) is 2. The van der Waals surface area contributed by atoms with Gasteiger partial charge in [-0.15, -0.1) is 0 Å². The third kappa shape index (κ3) is 2.63. The molecule has 0 fully saturated rings. The SMILES string of the molecule is CCc1c(Oc2ccc(OC)cc2)nc2n(c1=O)CCS2. The molecule has 0 saturated carbocycles. The smallest absolute Gasteiger partial charge is 0.261 e. The van der Waals surface area contributed by atoms with Crippen molar-refractivity contribution in [2.45, 2.75) is 25.0 Å². The third-order valence-electron chi connectivity index (χ3n) is 3.36. The van der Waals surface area contributed by atoms with Crippen LogP contribution in [-0.2, 0) is 13.0 Å². The predicted octanol–water partition coefficient (Wildman–Crippen LogP) is 2.71. The Balaban J connectivity index is 1.97. The van der Waals surface area contributed by atoms with Crippen LogP contribution in [0.25, 0.3) is 0 Å². The first-order valence-electron chi connectivity index (χ1n) is 6.81. The second-order valence-electron chi connectivity index (χ2n) is 4.61. The molecule has 0 saturated heterocycles. The maximum atomic E-state index is 12.4. The third-order valence-corrected chi connectivity index (χ3v) is 4.32. The normalized spacial score (nSPS) is 13.0. The van der Waals surface area contributed by atoms with Gasteiger partial charge in [0.15, 0.2) is 5.16 Å². The number of thioether (sulfide) groups is 1. The van der Waals surface area contributed by atoms with Crippen LogP contribution in [0.1, 0.15) is 12.5 Å². The Morgan fingerprint density at radius 1 is 1.29 bits per heavy atom. The van der Waals surface area contributed by atoms with Gasteiger partial charge in [0.25, 0.3) is 5.56 Å². The molecule has 0 unspecified atom stereocenters. The number of ether oxygens (including phenoxy) is 2. The summed E-state index contributed by atoms with van der Waals surface area (Å²) in [5.74, 6) is 2.70. The van der Waals surface area contributed by atoms with E-state index < -0.39 is 0 Å². The Bertz CT molecular complexity index is 710. The summed E-state index contributed by atoms with van der Waals surface area (Å²) in [6.07, 6.45) is 0.599. The van der Waals surface area contributed by atoms with Gasteiger partial charge >= 0.3 is 0 Å². The molecule has 0 aliphatic carbocycles. The molecule has 110 valence electrons. The molecule has 1 aliphatic heterocycles. The molecule has 0 spiro atoms. The van der Waals surface area contributed by atoms with Crippen LogP contribution in [0, 0.1) is 0 Å². The minimum atomic E-state index is 0.0102. The van der Waals surface area contributed by atoms with E-state index >= 15 is 0 Å². The lowest BCUT2D eigenvalue weighted by atomic mass is 10.2. The van der Waals surface area contributed by atoms with E-state index in [1.807, 2.05) is 19.1 Å². The van der Waals surface area contributed by atoms with Crippen LogP contribution >= 0.6 is 11.8 Å². The zero-order valence-corrected chi connectivity index (χ0v) is 12.8. The van der Waals surface area contributed by atoms with Gasteiger partial charge in [0.2, 0.25) is 5.88 Å². The van der Waals surface area contributed by atoms with Gasteiger partial charge in [-0.3, -0.25) is 9.36 Å². The van der Waals surface area contributed by atoms with Crippen LogP contribution in [0.3, 0.4) is 0 Å².